The van der Waals surface area contributed by atoms with Crippen molar-refractivity contribution in [2.24, 2.45) is 5.16 Å². The minimum absolute atomic E-state index is 0.339. The van der Waals surface area contributed by atoms with Crippen molar-refractivity contribution >= 4 is 5.71 Å². The first-order chi connectivity index (χ1) is 13.2. The van der Waals surface area contributed by atoms with Gasteiger partial charge in [0.15, 0.2) is 0 Å². The maximum absolute atomic E-state index is 9.55. The van der Waals surface area contributed by atoms with Crippen molar-refractivity contribution < 1.29 is 14.5 Å². The molecule has 3 heterocycles. The van der Waals surface area contributed by atoms with Gasteiger partial charge >= 0.3 is 0 Å². The van der Waals surface area contributed by atoms with Crippen LogP contribution in [0, 0.1) is 0 Å². The number of ether oxygens (including phenoxy) is 1. The second-order valence-electron chi connectivity index (χ2n) is 6.59. The van der Waals surface area contributed by atoms with E-state index in [1.54, 1.807) is 12.4 Å². The van der Waals surface area contributed by atoms with E-state index in [0.717, 1.165) is 29.5 Å². The second-order valence-corrected chi connectivity index (χ2v) is 6.59. The van der Waals surface area contributed by atoms with Crippen molar-refractivity contribution in [1.29, 1.82) is 0 Å². The van der Waals surface area contributed by atoms with Crippen molar-refractivity contribution in [3.8, 4) is 28.6 Å². The van der Waals surface area contributed by atoms with Crippen molar-refractivity contribution in [2.75, 3.05) is 0 Å². The van der Waals surface area contributed by atoms with Crippen LogP contribution in [0.4, 0.5) is 0 Å². The topological polar surface area (TPSA) is 93.6 Å². The number of hydrogen-bond donors (Lipinski definition) is 1. The zero-order valence-corrected chi connectivity index (χ0v) is 15.2. The third kappa shape index (κ3) is 3.05. The third-order valence-electron chi connectivity index (χ3n) is 5.11. The fourth-order valence-corrected chi connectivity index (χ4v) is 3.33. The summed E-state index contributed by atoms with van der Waals surface area (Å²) < 4.78 is 11.7. The number of aromatic nitrogens is 3. The fraction of sp³-hybridized carbons (Fsp3) is 0.300. The maximum atomic E-state index is 9.55. The predicted molar refractivity (Wildman–Crippen MR) is 99.8 cm³/mol. The number of fused-ring (bicyclic) bond motifs is 1. The van der Waals surface area contributed by atoms with E-state index in [1.807, 2.05) is 30.3 Å². The quantitative estimate of drug-likeness (QED) is 0.547. The monoisotopic (exact) mass is 364 g/mol. The van der Waals surface area contributed by atoms with Gasteiger partial charge in [0, 0.05) is 35.5 Å². The Hall–Kier alpha value is -3.22. The Morgan fingerprint density at radius 1 is 1.19 bits per heavy atom. The van der Waals surface area contributed by atoms with E-state index in [2.05, 4.69) is 34.1 Å². The van der Waals surface area contributed by atoms with Crippen molar-refractivity contribution in [2.45, 2.75) is 38.7 Å². The molecular weight excluding hydrogens is 344 g/mol. The second kappa shape index (κ2) is 6.83. The number of rotatable bonds is 4. The Morgan fingerprint density at radius 3 is 2.74 bits per heavy atom. The molecule has 0 amide bonds. The molecule has 0 radical (unpaired) electrons. The van der Waals surface area contributed by atoms with E-state index >= 15 is 0 Å². The van der Waals surface area contributed by atoms with Gasteiger partial charge in [-0.05, 0) is 43.2 Å². The summed E-state index contributed by atoms with van der Waals surface area (Å²) in [6.45, 7) is 4.16. The van der Waals surface area contributed by atoms with Crippen LogP contribution < -0.4 is 4.74 Å². The van der Waals surface area contributed by atoms with E-state index in [4.69, 9.17) is 9.26 Å². The van der Waals surface area contributed by atoms with E-state index in [1.165, 1.54) is 0 Å². The fourth-order valence-electron chi connectivity index (χ4n) is 3.33. The minimum atomic E-state index is -0.339. The summed E-state index contributed by atoms with van der Waals surface area (Å²) in [5.41, 5.74) is 2.53. The van der Waals surface area contributed by atoms with Gasteiger partial charge in [-0.2, -0.15) is 4.98 Å². The van der Waals surface area contributed by atoms with Crippen LogP contribution in [0.5, 0.6) is 5.75 Å². The predicted octanol–water partition coefficient (Wildman–Crippen LogP) is 4.32. The molecule has 1 aliphatic rings. The van der Waals surface area contributed by atoms with Gasteiger partial charge in [-0.15, -0.1) is 0 Å². The molecule has 27 heavy (non-hydrogen) atoms. The van der Waals surface area contributed by atoms with Crippen molar-refractivity contribution in [3.63, 3.8) is 0 Å². The van der Waals surface area contributed by atoms with E-state index in [0.29, 0.717) is 29.6 Å². The number of hydrogen-bond acceptors (Lipinski definition) is 7. The van der Waals surface area contributed by atoms with Crippen LogP contribution in [0.25, 0.3) is 22.8 Å². The van der Waals surface area contributed by atoms with E-state index < -0.39 is 0 Å². The highest BCUT2D eigenvalue weighted by Gasteiger charge is 2.37. The lowest BCUT2D eigenvalue weighted by atomic mass is 9.85. The molecule has 7 nitrogen and oxygen atoms in total. The smallest absolute Gasteiger partial charge is 0.258 e. The summed E-state index contributed by atoms with van der Waals surface area (Å²) in [6, 6.07) is 9.28. The molecule has 0 aliphatic carbocycles. The average molecular weight is 364 g/mol. The third-order valence-corrected chi connectivity index (χ3v) is 5.11. The zero-order valence-electron chi connectivity index (χ0n) is 15.2. The largest absolute Gasteiger partial charge is 0.486 e. The minimum Gasteiger partial charge on any atom is -0.486 e. The van der Waals surface area contributed by atoms with Crippen LogP contribution in [-0.4, -0.2) is 31.6 Å². The zero-order chi connectivity index (χ0) is 18.9. The molecule has 0 saturated carbocycles. The lowest BCUT2D eigenvalue weighted by Gasteiger charge is -2.37. The van der Waals surface area contributed by atoms with Crippen LogP contribution in [-0.2, 0) is 0 Å². The lowest BCUT2D eigenvalue weighted by Crippen LogP contribution is -2.41. The molecule has 1 aromatic carbocycles. The van der Waals surface area contributed by atoms with E-state index in [-0.39, 0.29) is 5.60 Å². The van der Waals surface area contributed by atoms with Crippen molar-refractivity contribution in [3.05, 3.63) is 48.3 Å². The number of pyridine rings is 1. The van der Waals surface area contributed by atoms with Crippen LogP contribution in [0.2, 0.25) is 0 Å². The molecule has 0 atom stereocenters. The Labute approximate surface area is 156 Å². The standard InChI is InChI=1S/C20H20N4O3/c1-3-20(4-2)11-16(23-25)15-10-13(7-8-17(15)26-20)19-22-18(24-27-19)14-6-5-9-21-12-14/h5-10,12,25H,3-4,11H2,1-2H3/b23-16-. The molecule has 2 aromatic heterocycles. The summed E-state index contributed by atoms with van der Waals surface area (Å²) >= 11 is 0. The highest BCUT2D eigenvalue weighted by atomic mass is 16.5. The molecule has 0 spiro atoms. The normalized spacial score (nSPS) is 16.7. The summed E-state index contributed by atoms with van der Waals surface area (Å²) in [5.74, 6) is 1.56. The summed E-state index contributed by atoms with van der Waals surface area (Å²) in [7, 11) is 0. The van der Waals surface area contributed by atoms with Gasteiger partial charge < -0.3 is 14.5 Å². The molecule has 0 saturated heterocycles. The van der Waals surface area contributed by atoms with Gasteiger partial charge in [0.2, 0.25) is 5.82 Å². The molecule has 3 aromatic rings. The molecule has 1 aliphatic heterocycles. The van der Waals surface area contributed by atoms with Crippen LogP contribution in [0.15, 0.2) is 52.4 Å². The lowest BCUT2D eigenvalue weighted by molar-refractivity contribution is 0.0610. The molecule has 138 valence electrons. The van der Waals surface area contributed by atoms with Gasteiger partial charge in [-0.1, -0.05) is 24.2 Å². The maximum Gasteiger partial charge on any atom is 0.258 e. The average Bonchev–Trinajstić information content (AvgIpc) is 3.23. The highest BCUT2D eigenvalue weighted by molar-refractivity contribution is 6.04. The van der Waals surface area contributed by atoms with Crippen LogP contribution in [0.3, 0.4) is 0 Å². The van der Waals surface area contributed by atoms with Gasteiger partial charge in [0.05, 0.1) is 5.71 Å². The van der Waals surface area contributed by atoms with Gasteiger partial charge in [-0.25, -0.2) is 0 Å². The van der Waals surface area contributed by atoms with Gasteiger partial charge in [-0.3, -0.25) is 4.98 Å². The first-order valence-corrected chi connectivity index (χ1v) is 8.97. The Bertz CT molecular complexity index is 978. The highest BCUT2D eigenvalue weighted by Crippen LogP contribution is 2.39. The molecule has 0 bridgehead atoms. The molecule has 7 heteroatoms. The Kier molecular flexibility index (Phi) is 4.35. The number of nitrogens with zero attached hydrogens (tertiary/aromatic N) is 4. The SMILES string of the molecule is CCC1(CC)C/C(=N/O)c2cc(-c3nc(-c4cccnc4)no3)ccc2O1. The van der Waals surface area contributed by atoms with Gasteiger partial charge in [0.25, 0.3) is 5.89 Å². The molecule has 0 unspecified atom stereocenters. The summed E-state index contributed by atoms with van der Waals surface area (Å²) in [4.78, 5) is 8.52. The van der Waals surface area contributed by atoms with E-state index in [9.17, 15) is 5.21 Å². The molecular formula is C20H20N4O3. The molecule has 0 fully saturated rings. The molecule has 4 rings (SSSR count). The Balaban J connectivity index is 1.71. The first-order valence-electron chi connectivity index (χ1n) is 8.97. The molecule has 1 N–H and O–H groups in total. The summed E-state index contributed by atoms with van der Waals surface area (Å²) in [6.07, 6.45) is 5.60. The first kappa shape index (κ1) is 17.2. The number of benzene rings is 1. The van der Waals surface area contributed by atoms with Crippen molar-refractivity contribution in [1.82, 2.24) is 15.1 Å². The summed E-state index contributed by atoms with van der Waals surface area (Å²) in [5, 5.41) is 17.1. The van der Waals surface area contributed by atoms with Crippen LogP contribution in [0.1, 0.15) is 38.7 Å². The van der Waals surface area contributed by atoms with Gasteiger partial charge in [0.1, 0.15) is 11.4 Å². The Morgan fingerprint density at radius 2 is 2.04 bits per heavy atom. The van der Waals surface area contributed by atoms with Crippen LogP contribution >= 0.6 is 0 Å². The number of oxime groups is 1.